The number of rotatable bonds is 5. The lowest BCUT2D eigenvalue weighted by Gasteiger charge is -2.15. The molecule has 0 aliphatic rings. The molecule has 2 aromatic rings. The highest BCUT2D eigenvalue weighted by molar-refractivity contribution is 6.03. The van der Waals surface area contributed by atoms with Crippen LogP contribution in [0.3, 0.4) is 0 Å². The Bertz CT molecular complexity index is 771. The molecule has 0 saturated carbocycles. The van der Waals surface area contributed by atoms with Crippen LogP contribution in [0.4, 0.5) is 0 Å². The number of fused-ring (bicyclic) bond motifs is 1. The van der Waals surface area contributed by atoms with Crippen LogP contribution in [0.15, 0.2) is 18.2 Å². The predicted octanol–water partition coefficient (Wildman–Crippen LogP) is 1.12. The van der Waals surface area contributed by atoms with Gasteiger partial charge in [0.05, 0.1) is 5.69 Å². The molecule has 0 fully saturated rings. The van der Waals surface area contributed by atoms with Gasteiger partial charge in [0, 0.05) is 17.3 Å². The van der Waals surface area contributed by atoms with E-state index in [9.17, 15) is 14.7 Å². The molecule has 0 atom stereocenters. The fourth-order valence-electron chi connectivity index (χ4n) is 2.30. The Morgan fingerprint density at radius 1 is 1.26 bits per heavy atom. The maximum atomic E-state index is 12.1. The molecule has 1 aromatic carbocycles. The van der Waals surface area contributed by atoms with Crippen molar-refractivity contribution < 1.29 is 19.8 Å². The molecule has 3 N–H and O–H groups in total. The van der Waals surface area contributed by atoms with Gasteiger partial charge in [-0.2, -0.15) is 0 Å². The zero-order chi connectivity index (χ0) is 17.1. The van der Waals surface area contributed by atoms with Gasteiger partial charge < -0.3 is 20.4 Å². The van der Waals surface area contributed by atoms with E-state index in [-0.39, 0.29) is 11.4 Å². The van der Waals surface area contributed by atoms with Crippen LogP contribution in [-0.2, 0) is 11.3 Å². The molecule has 2 rings (SSSR count). The molecule has 7 nitrogen and oxygen atoms in total. The third-order valence-corrected chi connectivity index (χ3v) is 3.29. The Labute approximate surface area is 133 Å². The summed E-state index contributed by atoms with van der Waals surface area (Å²) in [5, 5.41) is 22.5. The highest BCUT2D eigenvalue weighted by Crippen LogP contribution is 2.30. The number of pyridine rings is 1. The fraction of sp³-hybridized carbons (Fsp3) is 0.312. The molecular weight excluding hydrogens is 298 g/mol. The molecular formula is C16H19N3O4. The Morgan fingerprint density at radius 3 is 2.57 bits per heavy atom. The molecule has 0 bridgehead atoms. The number of hydrogen-bond acceptors (Lipinski definition) is 5. The van der Waals surface area contributed by atoms with E-state index in [2.05, 4.69) is 10.3 Å². The van der Waals surface area contributed by atoms with E-state index in [1.54, 1.807) is 6.07 Å². The first-order valence-electron chi connectivity index (χ1n) is 7.06. The molecule has 0 saturated heterocycles. The number of nitrogens with one attached hydrogen (secondary N) is 1. The first-order valence-corrected chi connectivity index (χ1v) is 7.06. The Morgan fingerprint density at radius 2 is 1.96 bits per heavy atom. The second kappa shape index (κ2) is 6.62. The van der Waals surface area contributed by atoms with E-state index in [0.29, 0.717) is 17.6 Å². The van der Waals surface area contributed by atoms with E-state index in [4.69, 9.17) is 5.11 Å². The Hall–Kier alpha value is -2.67. The van der Waals surface area contributed by atoms with Crippen LogP contribution in [0.25, 0.3) is 10.8 Å². The monoisotopic (exact) mass is 317 g/mol. The largest absolute Gasteiger partial charge is 0.505 e. The summed E-state index contributed by atoms with van der Waals surface area (Å²) in [6.45, 7) is 1.89. The van der Waals surface area contributed by atoms with Crippen molar-refractivity contribution in [2.75, 3.05) is 20.6 Å². The van der Waals surface area contributed by atoms with Crippen LogP contribution >= 0.6 is 0 Å². The van der Waals surface area contributed by atoms with Crippen LogP contribution < -0.4 is 5.32 Å². The molecule has 1 heterocycles. The van der Waals surface area contributed by atoms with Gasteiger partial charge >= 0.3 is 5.97 Å². The molecule has 23 heavy (non-hydrogen) atoms. The van der Waals surface area contributed by atoms with Crippen LogP contribution in [0, 0.1) is 6.92 Å². The summed E-state index contributed by atoms with van der Waals surface area (Å²) in [4.78, 5) is 28.9. The molecule has 0 aliphatic carbocycles. The maximum Gasteiger partial charge on any atom is 0.322 e. The van der Waals surface area contributed by atoms with Crippen LogP contribution in [-0.4, -0.2) is 52.6 Å². The Kier molecular flexibility index (Phi) is 4.80. The van der Waals surface area contributed by atoms with Crippen molar-refractivity contribution in [2.45, 2.75) is 13.5 Å². The molecule has 0 unspecified atom stereocenters. The molecule has 0 spiro atoms. The van der Waals surface area contributed by atoms with E-state index >= 15 is 0 Å². The van der Waals surface area contributed by atoms with E-state index < -0.39 is 18.4 Å². The quantitative estimate of drug-likeness (QED) is 0.764. The highest BCUT2D eigenvalue weighted by atomic mass is 16.4. The lowest BCUT2D eigenvalue weighted by molar-refractivity contribution is -0.135. The number of hydrogen-bond donors (Lipinski definition) is 3. The van der Waals surface area contributed by atoms with Gasteiger partial charge in [-0.05, 0) is 27.1 Å². The van der Waals surface area contributed by atoms with Gasteiger partial charge in [0.2, 0.25) is 0 Å². The summed E-state index contributed by atoms with van der Waals surface area (Å²) < 4.78 is 0. The Balaban J connectivity index is 2.57. The second-order valence-electron chi connectivity index (χ2n) is 5.62. The number of benzene rings is 1. The SMILES string of the molecule is Cc1ccc2c(O)c(C(=O)NCC(=O)O)nc(CN(C)C)c2c1. The fourth-order valence-corrected chi connectivity index (χ4v) is 2.30. The van der Waals surface area contributed by atoms with Gasteiger partial charge in [-0.15, -0.1) is 0 Å². The summed E-state index contributed by atoms with van der Waals surface area (Å²) in [6, 6.07) is 5.47. The predicted molar refractivity (Wildman–Crippen MR) is 85.5 cm³/mol. The maximum absolute atomic E-state index is 12.1. The summed E-state index contributed by atoms with van der Waals surface area (Å²) in [5.41, 5.74) is 1.49. The molecule has 1 aromatic heterocycles. The van der Waals surface area contributed by atoms with Gasteiger partial charge in [-0.25, -0.2) is 4.98 Å². The van der Waals surface area contributed by atoms with Crippen molar-refractivity contribution in [3.8, 4) is 5.75 Å². The van der Waals surface area contributed by atoms with Crippen LogP contribution in [0.1, 0.15) is 21.7 Å². The van der Waals surface area contributed by atoms with Crippen molar-refractivity contribution in [2.24, 2.45) is 0 Å². The third-order valence-electron chi connectivity index (χ3n) is 3.29. The van der Waals surface area contributed by atoms with Gasteiger partial charge in [0.25, 0.3) is 5.91 Å². The first-order chi connectivity index (χ1) is 10.8. The van der Waals surface area contributed by atoms with E-state index in [1.165, 1.54) is 0 Å². The van der Waals surface area contributed by atoms with Crippen molar-refractivity contribution in [3.63, 3.8) is 0 Å². The minimum Gasteiger partial charge on any atom is -0.505 e. The van der Waals surface area contributed by atoms with Crippen molar-refractivity contribution in [1.29, 1.82) is 0 Å². The molecule has 7 heteroatoms. The average molecular weight is 317 g/mol. The average Bonchev–Trinajstić information content (AvgIpc) is 2.47. The van der Waals surface area contributed by atoms with Gasteiger partial charge in [0.15, 0.2) is 11.4 Å². The molecule has 122 valence electrons. The third kappa shape index (κ3) is 3.75. The summed E-state index contributed by atoms with van der Waals surface area (Å²) >= 11 is 0. The normalized spacial score (nSPS) is 11.0. The minimum atomic E-state index is -1.16. The van der Waals surface area contributed by atoms with Gasteiger partial charge in [0.1, 0.15) is 6.54 Å². The number of carbonyl (C=O) groups is 2. The van der Waals surface area contributed by atoms with Gasteiger partial charge in [-0.3, -0.25) is 9.59 Å². The van der Waals surface area contributed by atoms with Crippen molar-refractivity contribution in [1.82, 2.24) is 15.2 Å². The number of carbonyl (C=O) groups excluding carboxylic acids is 1. The smallest absolute Gasteiger partial charge is 0.322 e. The number of nitrogens with zero attached hydrogens (tertiary/aromatic N) is 2. The van der Waals surface area contributed by atoms with E-state index in [1.807, 2.05) is 38.1 Å². The summed E-state index contributed by atoms with van der Waals surface area (Å²) in [5.74, 6) is -2.12. The lowest BCUT2D eigenvalue weighted by Crippen LogP contribution is -2.30. The van der Waals surface area contributed by atoms with Gasteiger partial charge in [-0.1, -0.05) is 17.7 Å². The minimum absolute atomic E-state index is 0.167. The summed E-state index contributed by atoms with van der Waals surface area (Å²) in [6.07, 6.45) is 0. The molecule has 0 radical (unpaired) electrons. The number of carboxylic acids is 1. The summed E-state index contributed by atoms with van der Waals surface area (Å²) in [7, 11) is 3.75. The molecule has 1 amide bonds. The second-order valence-corrected chi connectivity index (χ2v) is 5.62. The zero-order valence-electron chi connectivity index (χ0n) is 13.3. The number of aliphatic carboxylic acids is 1. The lowest BCUT2D eigenvalue weighted by atomic mass is 10.0. The highest BCUT2D eigenvalue weighted by Gasteiger charge is 2.19. The standard InChI is InChI=1S/C16H19N3O4/c1-9-4-5-10-11(6-9)12(8-19(2)3)18-14(15(10)22)16(23)17-7-13(20)21/h4-6,22H,7-8H2,1-3H3,(H,17,23)(H,20,21). The number of carboxylic acid groups (broad SMARTS) is 1. The van der Waals surface area contributed by atoms with Crippen LogP contribution in [0.2, 0.25) is 0 Å². The number of amides is 1. The number of aryl methyl sites for hydroxylation is 1. The first kappa shape index (κ1) is 16.7. The number of aromatic hydroxyl groups is 1. The van der Waals surface area contributed by atoms with Crippen molar-refractivity contribution in [3.05, 3.63) is 35.2 Å². The number of aromatic nitrogens is 1. The van der Waals surface area contributed by atoms with E-state index in [0.717, 1.165) is 10.9 Å². The zero-order valence-corrected chi connectivity index (χ0v) is 13.3. The molecule has 0 aliphatic heterocycles. The van der Waals surface area contributed by atoms with Crippen molar-refractivity contribution >= 4 is 22.6 Å². The van der Waals surface area contributed by atoms with Crippen LogP contribution in [0.5, 0.6) is 5.75 Å². The topological polar surface area (TPSA) is 103 Å².